The molecule has 1 aliphatic carbocycles. The van der Waals surface area contributed by atoms with Gasteiger partial charge in [0, 0.05) is 12.3 Å². The lowest BCUT2D eigenvalue weighted by atomic mass is 9.87. The van der Waals surface area contributed by atoms with Gasteiger partial charge in [-0.15, -0.1) is 0 Å². The second kappa shape index (κ2) is 5.25. The van der Waals surface area contributed by atoms with Crippen LogP contribution in [-0.4, -0.2) is 17.9 Å². The van der Waals surface area contributed by atoms with Gasteiger partial charge in [-0.25, -0.2) is 0 Å². The molecular weight excluding hydrogens is 228 g/mol. The summed E-state index contributed by atoms with van der Waals surface area (Å²) >= 11 is 0. The highest BCUT2D eigenvalue weighted by molar-refractivity contribution is 5.76. The van der Waals surface area contributed by atoms with E-state index in [-0.39, 0.29) is 23.8 Å². The van der Waals surface area contributed by atoms with Gasteiger partial charge in [-0.2, -0.15) is 0 Å². The minimum absolute atomic E-state index is 0.0191. The van der Waals surface area contributed by atoms with Crippen LogP contribution in [0.3, 0.4) is 0 Å². The predicted octanol–water partition coefficient (Wildman–Crippen LogP) is 2.89. The van der Waals surface area contributed by atoms with Crippen molar-refractivity contribution in [2.45, 2.75) is 52.6 Å². The summed E-state index contributed by atoms with van der Waals surface area (Å²) in [5.74, 6) is 0.961. The first-order valence-electron chi connectivity index (χ1n) is 6.88. The average Bonchev–Trinajstić information content (AvgIpc) is 2.46. The highest BCUT2D eigenvalue weighted by atomic mass is 16.6. The highest BCUT2D eigenvalue weighted by Crippen LogP contribution is 2.39. The summed E-state index contributed by atoms with van der Waals surface area (Å²) in [6.45, 7) is 5.78. The second-order valence-corrected chi connectivity index (χ2v) is 5.78. The average molecular weight is 250 g/mol. The van der Waals surface area contributed by atoms with Crippen molar-refractivity contribution in [1.29, 1.82) is 0 Å². The molecule has 18 heavy (non-hydrogen) atoms. The number of hydrogen-bond acceptors (Lipinski definition) is 3. The Morgan fingerprint density at radius 2 is 2.17 bits per heavy atom. The lowest BCUT2D eigenvalue weighted by Crippen LogP contribution is -2.19. The number of ether oxygens (including phenoxy) is 1. The van der Waals surface area contributed by atoms with Crippen molar-refractivity contribution in [2.75, 3.05) is 0 Å². The van der Waals surface area contributed by atoms with Gasteiger partial charge in [-0.05, 0) is 32.1 Å². The van der Waals surface area contributed by atoms with Gasteiger partial charge >= 0.3 is 5.97 Å². The van der Waals surface area contributed by atoms with E-state index in [0.717, 1.165) is 19.3 Å². The topological polar surface area (TPSA) is 43.4 Å². The maximum Gasteiger partial charge on any atom is 0.309 e. The molecule has 0 unspecified atom stereocenters. The Morgan fingerprint density at radius 3 is 2.83 bits per heavy atom. The third-order valence-electron chi connectivity index (χ3n) is 4.40. The number of carbonyl (C=O) groups is 2. The predicted molar refractivity (Wildman–Crippen MR) is 68.9 cm³/mol. The molecule has 0 aromatic heterocycles. The molecule has 1 fully saturated rings. The molecule has 4 atom stereocenters. The summed E-state index contributed by atoms with van der Waals surface area (Å²) in [5.41, 5.74) is 1.36. The normalized spacial score (nSPS) is 35.5. The zero-order chi connectivity index (χ0) is 13.3. The fourth-order valence-corrected chi connectivity index (χ4v) is 3.08. The zero-order valence-corrected chi connectivity index (χ0v) is 11.4. The molecule has 0 aromatic rings. The fraction of sp³-hybridized carbons (Fsp3) is 0.733. The Hall–Kier alpha value is -1.12. The third kappa shape index (κ3) is 2.65. The minimum Gasteiger partial charge on any atom is -0.462 e. The van der Waals surface area contributed by atoms with Crippen LogP contribution in [0.5, 0.6) is 0 Å². The van der Waals surface area contributed by atoms with Crippen LogP contribution in [0, 0.1) is 17.8 Å². The van der Waals surface area contributed by atoms with Gasteiger partial charge in [0.05, 0.1) is 5.92 Å². The second-order valence-electron chi connectivity index (χ2n) is 5.78. The van der Waals surface area contributed by atoms with Gasteiger partial charge < -0.3 is 9.53 Å². The van der Waals surface area contributed by atoms with Crippen molar-refractivity contribution in [3.63, 3.8) is 0 Å². The fourth-order valence-electron chi connectivity index (χ4n) is 3.08. The summed E-state index contributed by atoms with van der Waals surface area (Å²) in [6.07, 6.45) is 5.63. The van der Waals surface area contributed by atoms with Gasteiger partial charge in [0.2, 0.25) is 0 Å². The molecule has 1 heterocycles. The number of allylic oxidation sites excluding steroid dienone is 2. The largest absolute Gasteiger partial charge is 0.462 e. The van der Waals surface area contributed by atoms with Crippen molar-refractivity contribution in [3.8, 4) is 0 Å². The molecule has 0 aromatic carbocycles. The molecule has 2 aliphatic rings. The van der Waals surface area contributed by atoms with Crippen LogP contribution >= 0.6 is 0 Å². The molecule has 3 nitrogen and oxygen atoms in total. The first kappa shape index (κ1) is 13.3. The molecule has 0 amide bonds. The van der Waals surface area contributed by atoms with Crippen LogP contribution in [-0.2, 0) is 14.3 Å². The van der Waals surface area contributed by atoms with Crippen molar-refractivity contribution in [1.82, 2.24) is 0 Å². The summed E-state index contributed by atoms with van der Waals surface area (Å²) in [7, 11) is 0. The number of ketones is 1. The summed E-state index contributed by atoms with van der Waals surface area (Å²) in [6, 6.07) is 0. The van der Waals surface area contributed by atoms with E-state index in [9.17, 15) is 9.59 Å². The van der Waals surface area contributed by atoms with Crippen molar-refractivity contribution in [2.24, 2.45) is 17.8 Å². The smallest absolute Gasteiger partial charge is 0.309 e. The number of Topliss-reactive ketones (excluding diaryl/α,β-unsaturated/α-hetero) is 1. The maximum atomic E-state index is 11.6. The molecule has 100 valence electrons. The monoisotopic (exact) mass is 250 g/mol. The number of carbonyl (C=O) groups excluding carboxylic acids is 2. The minimum atomic E-state index is -0.0437. The van der Waals surface area contributed by atoms with Crippen LogP contribution in [0.1, 0.15) is 46.5 Å². The Balaban J connectivity index is 2.05. The van der Waals surface area contributed by atoms with E-state index in [0.29, 0.717) is 18.3 Å². The van der Waals surface area contributed by atoms with E-state index in [1.165, 1.54) is 5.57 Å². The van der Waals surface area contributed by atoms with Gasteiger partial charge in [0.25, 0.3) is 0 Å². The third-order valence-corrected chi connectivity index (χ3v) is 4.40. The molecule has 0 bridgehead atoms. The van der Waals surface area contributed by atoms with E-state index >= 15 is 0 Å². The molecule has 1 saturated heterocycles. The van der Waals surface area contributed by atoms with Crippen LogP contribution in [0.4, 0.5) is 0 Å². The lowest BCUT2D eigenvalue weighted by Gasteiger charge is -2.18. The number of esters is 1. The molecule has 1 aliphatic heterocycles. The number of rotatable bonds is 3. The molecule has 2 rings (SSSR count). The van der Waals surface area contributed by atoms with Crippen LogP contribution in [0.15, 0.2) is 11.6 Å². The molecule has 0 radical (unpaired) electrons. The van der Waals surface area contributed by atoms with E-state index < -0.39 is 0 Å². The highest BCUT2D eigenvalue weighted by Gasteiger charge is 2.42. The van der Waals surface area contributed by atoms with Crippen LogP contribution < -0.4 is 0 Å². The Bertz CT molecular complexity index is 383. The maximum absolute atomic E-state index is 11.6. The number of hydrogen-bond donors (Lipinski definition) is 0. The van der Waals surface area contributed by atoms with Crippen LogP contribution in [0.25, 0.3) is 0 Å². The van der Waals surface area contributed by atoms with Crippen molar-refractivity contribution < 1.29 is 14.3 Å². The van der Waals surface area contributed by atoms with Crippen LogP contribution in [0.2, 0.25) is 0 Å². The SMILES string of the molecule is CC(=O)CCC1=CC[C@@H]2[C@H](C)C(=O)O[C@@H]2C[C@@H]1C. The van der Waals surface area contributed by atoms with E-state index in [4.69, 9.17) is 4.74 Å². The Labute approximate surface area is 109 Å². The Kier molecular flexibility index (Phi) is 3.88. The summed E-state index contributed by atoms with van der Waals surface area (Å²) in [5, 5.41) is 0. The summed E-state index contributed by atoms with van der Waals surface area (Å²) in [4.78, 5) is 22.6. The van der Waals surface area contributed by atoms with Crippen molar-refractivity contribution in [3.05, 3.63) is 11.6 Å². The van der Waals surface area contributed by atoms with Crippen molar-refractivity contribution >= 4 is 11.8 Å². The first-order valence-corrected chi connectivity index (χ1v) is 6.88. The molecule has 0 N–H and O–H groups in total. The standard InChI is InChI=1S/C15H22O3/c1-9-8-14-13(11(3)15(17)18-14)7-6-12(9)5-4-10(2)16/h6,9,11,13-14H,4-5,7-8H2,1-3H3/t9-,11-,13+,14+/m0/s1. The first-order chi connectivity index (χ1) is 8.49. The lowest BCUT2D eigenvalue weighted by molar-refractivity contribution is -0.144. The zero-order valence-electron chi connectivity index (χ0n) is 11.4. The molecular formula is C15H22O3. The van der Waals surface area contributed by atoms with Gasteiger partial charge in [-0.1, -0.05) is 25.5 Å². The molecule has 3 heteroatoms. The quantitative estimate of drug-likeness (QED) is 0.571. The molecule has 0 spiro atoms. The Morgan fingerprint density at radius 1 is 1.44 bits per heavy atom. The van der Waals surface area contributed by atoms with E-state index in [1.54, 1.807) is 6.92 Å². The molecule has 0 saturated carbocycles. The van der Waals surface area contributed by atoms with Gasteiger partial charge in [0.15, 0.2) is 0 Å². The van der Waals surface area contributed by atoms with E-state index in [1.807, 2.05) is 6.92 Å². The van der Waals surface area contributed by atoms with Gasteiger partial charge in [0.1, 0.15) is 11.9 Å². The van der Waals surface area contributed by atoms with Gasteiger partial charge in [-0.3, -0.25) is 4.79 Å². The number of fused-ring (bicyclic) bond motifs is 1. The summed E-state index contributed by atoms with van der Waals surface area (Å²) < 4.78 is 5.46. The van der Waals surface area contributed by atoms with E-state index in [2.05, 4.69) is 13.0 Å².